The quantitative estimate of drug-likeness (QED) is 0.471. The highest BCUT2D eigenvalue weighted by molar-refractivity contribution is 4.73. The lowest BCUT2D eigenvalue weighted by Gasteiger charge is -2.38. The molecule has 50 valence electrons. The van der Waals surface area contributed by atoms with Crippen molar-refractivity contribution in [3.8, 4) is 0 Å². The van der Waals surface area contributed by atoms with E-state index < -0.39 is 0 Å². The van der Waals surface area contributed by atoms with Gasteiger partial charge in [0, 0.05) is 0 Å². The molecule has 0 rings (SSSR count). The van der Waals surface area contributed by atoms with E-state index >= 15 is 0 Å². The second kappa shape index (κ2) is 2.49. The van der Waals surface area contributed by atoms with Crippen LogP contribution in [0.25, 0.3) is 0 Å². The van der Waals surface area contributed by atoms with Gasteiger partial charge in [-0.25, -0.2) is 0 Å². The third-order valence-corrected chi connectivity index (χ3v) is 1.33. The summed E-state index contributed by atoms with van der Waals surface area (Å²) < 4.78 is 0. The van der Waals surface area contributed by atoms with E-state index in [0.717, 1.165) is 6.54 Å². The van der Waals surface area contributed by atoms with Crippen LogP contribution in [0.15, 0.2) is 0 Å². The van der Waals surface area contributed by atoms with E-state index in [0.29, 0.717) is 0 Å². The predicted octanol–water partition coefficient (Wildman–Crippen LogP) is 1.90. The highest BCUT2D eigenvalue weighted by Crippen LogP contribution is 2.09. The molecule has 0 aromatic rings. The maximum Gasteiger partial charge on any atom is -0.0154 e. The van der Waals surface area contributed by atoms with E-state index in [1.54, 1.807) is 0 Å². The lowest BCUT2D eigenvalue weighted by atomic mass is 10.1. The molecule has 0 aliphatic rings. The van der Waals surface area contributed by atoms with Crippen LogP contribution in [0.3, 0.4) is 0 Å². The molecule has 0 aromatic heterocycles. The minimum Gasteiger partial charge on any atom is -0.455 e. The van der Waals surface area contributed by atoms with Crippen molar-refractivity contribution in [2.24, 2.45) is 0 Å². The Morgan fingerprint density at radius 1 is 1.38 bits per heavy atom. The predicted molar refractivity (Wildman–Crippen MR) is 37.5 cm³/mol. The second-order valence-electron chi connectivity index (χ2n) is 3.03. The summed E-state index contributed by atoms with van der Waals surface area (Å²) in [5.74, 6) is 0. The monoisotopic (exact) mass is 114 g/mol. The first-order valence-electron chi connectivity index (χ1n) is 3.06. The Hall–Kier alpha value is -0.0400. The van der Waals surface area contributed by atoms with Crippen molar-refractivity contribution in [2.45, 2.75) is 33.2 Å². The fourth-order valence-corrected chi connectivity index (χ4v) is 0.474. The largest absolute Gasteiger partial charge is 0.455 e. The molecule has 0 saturated heterocycles. The van der Waals surface area contributed by atoms with Crippen LogP contribution in [0.2, 0.25) is 0 Å². The van der Waals surface area contributed by atoms with Crippen molar-refractivity contribution in [1.29, 1.82) is 0 Å². The molecule has 0 bridgehead atoms. The number of nitrogens with zero attached hydrogens (tertiary/aromatic N) is 1. The van der Waals surface area contributed by atoms with Crippen LogP contribution in [0.4, 0.5) is 0 Å². The van der Waals surface area contributed by atoms with Crippen molar-refractivity contribution in [2.75, 3.05) is 6.54 Å². The Bertz CT molecular complexity index is 61.3. The van der Waals surface area contributed by atoms with E-state index in [-0.39, 0.29) is 5.54 Å². The summed E-state index contributed by atoms with van der Waals surface area (Å²) in [4.78, 5) is 2.06. The third kappa shape index (κ3) is 2.31. The molecule has 1 heteroatoms. The summed E-state index contributed by atoms with van der Waals surface area (Å²) in [7, 11) is 3.86. The van der Waals surface area contributed by atoms with Crippen LogP contribution in [0.1, 0.15) is 27.7 Å². The van der Waals surface area contributed by atoms with Gasteiger partial charge in [0.25, 0.3) is 0 Å². The van der Waals surface area contributed by atoms with Gasteiger partial charge in [0.1, 0.15) is 0 Å². The van der Waals surface area contributed by atoms with Crippen LogP contribution in [-0.4, -0.2) is 17.0 Å². The number of hydrogen-bond donors (Lipinski definition) is 0. The van der Waals surface area contributed by atoms with E-state index in [9.17, 15) is 0 Å². The molecule has 0 unspecified atom stereocenters. The molecule has 1 nitrogen and oxygen atoms in total. The van der Waals surface area contributed by atoms with Crippen LogP contribution in [-0.2, 0) is 0 Å². The van der Waals surface area contributed by atoms with Crippen molar-refractivity contribution in [3.63, 3.8) is 0 Å². The molecule has 0 N–H and O–H groups in total. The molecular formula is C7H16N-. The van der Waals surface area contributed by atoms with Crippen LogP contribution >= 0.6 is 0 Å². The minimum atomic E-state index is 0.231. The molecule has 0 aliphatic heterocycles. The summed E-state index contributed by atoms with van der Waals surface area (Å²) in [6.07, 6.45) is 0. The normalized spacial score (nSPS) is 12.8. The number of rotatable bonds is 1. The Morgan fingerprint density at radius 2 is 1.75 bits per heavy atom. The molecule has 0 radical (unpaired) electrons. The first kappa shape index (κ1) is 7.96. The van der Waals surface area contributed by atoms with Crippen molar-refractivity contribution in [1.82, 2.24) is 4.90 Å². The fourth-order valence-electron chi connectivity index (χ4n) is 0.474. The fraction of sp³-hybridized carbons (Fsp3) is 0.857. The zero-order chi connectivity index (χ0) is 6.78. The number of hydrogen-bond acceptors (Lipinski definition) is 1. The zero-order valence-electron chi connectivity index (χ0n) is 6.36. The SMILES string of the molecule is [CH2-]N(CC)C(C)(C)C. The van der Waals surface area contributed by atoms with Gasteiger partial charge in [-0.3, -0.25) is 7.05 Å². The van der Waals surface area contributed by atoms with Gasteiger partial charge in [-0.15, -0.1) is 0 Å². The topological polar surface area (TPSA) is 3.24 Å². The summed E-state index contributed by atoms with van der Waals surface area (Å²) >= 11 is 0. The van der Waals surface area contributed by atoms with E-state index in [1.165, 1.54) is 0 Å². The smallest absolute Gasteiger partial charge is 0.0154 e. The van der Waals surface area contributed by atoms with Crippen LogP contribution in [0, 0.1) is 7.05 Å². The highest BCUT2D eigenvalue weighted by Gasteiger charge is 2.07. The molecule has 0 fully saturated rings. The van der Waals surface area contributed by atoms with E-state index in [4.69, 9.17) is 0 Å². The Kier molecular flexibility index (Phi) is 2.48. The Morgan fingerprint density at radius 3 is 1.75 bits per heavy atom. The highest BCUT2D eigenvalue weighted by atomic mass is 15.1. The molecule has 0 amide bonds. The van der Waals surface area contributed by atoms with Gasteiger partial charge in [-0.2, -0.15) is 0 Å². The van der Waals surface area contributed by atoms with Gasteiger partial charge in [-0.05, 0) is 32.9 Å². The maximum atomic E-state index is 3.86. The summed E-state index contributed by atoms with van der Waals surface area (Å²) in [6, 6.07) is 0. The summed E-state index contributed by atoms with van der Waals surface area (Å²) in [5.41, 5.74) is 0.231. The van der Waals surface area contributed by atoms with Crippen LogP contribution < -0.4 is 0 Å². The lowest BCUT2D eigenvalue weighted by Crippen LogP contribution is -2.35. The molecule has 8 heavy (non-hydrogen) atoms. The Labute approximate surface area is 52.7 Å². The summed E-state index contributed by atoms with van der Waals surface area (Å²) in [5, 5.41) is 0. The van der Waals surface area contributed by atoms with Gasteiger partial charge in [-0.1, -0.05) is 6.92 Å². The van der Waals surface area contributed by atoms with Crippen molar-refractivity contribution >= 4 is 0 Å². The van der Waals surface area contributed by atoms with Gasteiger partial charge < -0.3 is 4.90 Å². The van der Waals surface area contributed by atoms with Crippen molar-refractivity contribution < 1.29 is 0 Å². The molecule has 0 spiro atoms. The Balaban J connectivity index is 3.62. The molecule has 0 atom stereocenters. The second-order valence-corrected chi connectivity index (χ2v) is 3.03. The summed E-state index contributed by atoms with van der Waals surface area (Å²) in [6.45, 7) is 9.60. The zero-order valence-corrected chi connectivity index (χ0v) is 6.36. The maximum absolute atomic E-state index is 3.86. The average Bonchev–Trinajstić information content (AvgIpc) is 1.62. The van der Waals surface area contributed by atoms with Gasteiger partial charge in [0.05, 0.1) is 0 Å². The van der Waals surface area contributed by atoms with E-state index in [2.05, 4.69) is 39.6 Å². The molecule has 0 saturated carbocycles. The first-order chi connectivity index (χ1) is 3.48. The van der Waals surface area contributed by atoms with Gasteiger partial charge in [0.15, 0.2) is 0 Å². The molecule has 0 aliphatic carbocycles. The van der Waals surface area contributed by atoms with Crippen molar-refractivity contribution in [3.05, 3.63) is 7.05 Å². The van der Waals surface area contributed by atoms with Gasteiger partial charge in [0.2, 0.25) is 0 Å². The molecule has 0 heterocycles. The standard InChI is InChI=1S/C7H16N/c1-6-8(5)7(2,3)4/h5-6H2,1-4H3/q-1. The lowest BCUT2D eigenvalue weighted by molar-refractivity contribution is 0.211. The van der Waals surface area contributed by atoms with E-state index in [1.807, 2.05) is 0 Å². The molecular weight excluding hydrogens is 98.1 g/mol. The average molecular weight is 114 g/mol. The minimum absolute atomic E-state index is 0.231. The van der Waals surface area contributed by atoms with Crippen LogP contribution in [0.5, 0.6) is 0 Å². The first-order valence-corrected chi connectivity index (χ1v) is 3.06. The third-order valence-electron chi connectivity index (χ3n) is 1.33. The molecule has 0 aromatic carbocycles. The van der Waals surface area contributed by atoms with Gasteiger partial charge >= 0.3 is 0 Å².